The van der Waals surface area contributed by atoms with Crippen molar-refractivity contribution in [1.82, 2.24) is 0 Å². The zero-order chi connectivity index (χ0) is 28.8. The van der Waals surface area contributed by atoms with E-state index < -0.39 is 11.7 Å². The number of rotatable bonds is 10. The van der Waals surface area contributed by atoms with Gasteiger partial charge in [0.15, 0.2) is 0 Å². The Bertz CT molecular complexity index is 2010. The molecule has 7 heteroatoms. The van der Waals surface area contributed by atoms with Crippen LogP contribution in [0.4, 0.5) is 13.2 Å². The maximum absolute atomic E-state index is 13.0. The molecule has 4 aromatic heterocycles. The van der Waals surface area contributed by atoms with Crippen LogP contribution in [0.15, 0.2) is 60.7 Å². The van der Waals surface area contributed by atoms with Crippen molar-refractivity contribution in [2.24, 2.45) is 0 Å². The molecule has 0 fully saturated rings. The molecule has 0 nitrogen and oxygen atoms in total. The van der Waals surface area contributed by atoms with Crippen LogP contribution in [0.1, 0.15) is 68.7 Å². The topological polar surface area (TPSA) is 0 Å². The molecule has 0 saturated heterocycles. The van der Waals surface area contributed by atoms with Gasteiger partial charge in [-0.25, -0.2) is 0 Å². The average molecular weight is 637 g/mol. The Labute approximate surface area is 259 Å². The third-order valence-corrected chi connectivity index (χ3v) is 13.0. The number of aryl methyl sites for hydroxylation is 1. The van der Waals surface area contributed by atoms with Crippen LogP contribution in [0.3, 0.4) is 0 Å². The van der Waals surface area contributed by atoms with E-state index in [2.05, 4.69) is 43.3 Å². The van der Waals surface area contributed by atoms with Crippen molar-refractivity contribution < 1.29 is 13.2 Å². The van der Waals surface area contributed by atoms with Gasteiger partial charge in [-0.2, -0.15) is 13.2 Å². The number of fused-ring (bicyclic) bond motifs is 7. The van der Waals surface area contributed by atoms with Crippen LogP contribution in [0.5, 0.6) is 0 Å². The van der Waals surface area contributed by atoms with Crippen LogP contribution in [0, 0.1) is 0 Å². The first-order valence-corrected chi connectivity index (χ1v) is 18.1. The van der Waals surface area contributed by atoms with E-state index in [1.165, 1.54) is 119 Å². The fraction of sp³-hybridized carbons (Fsp3) is 0.314. The molecule has 0 atom stereocenters. The van der Waals surface area contributed by atoms with Gasteiger partial charge in [-0.1, -0.05) is 64.0 Å². The third kappa shape index (κ3) is 5.49. The van der Waals surface area contributed by atoms with Gasteiger partial charge in [-0.05, 0) is 77.7 Å². The summed E-state index contributed by atoms with van der Waals surface area (Å²) in [5.41, 5.74) is 0.209. The van der Waals surface area contributed by atoms with E-state index in [9.17, 15) is 13.2 Å². The van der Waals surface area contributed by atoms with Crippen LogP contribution in [-0.4, -0.2) is 0 Å². The Balaban J connectivity index is 1.13. The van der Waals surface area contributed by atoms with Gasteiger partial charge >= 0.3 is 6.18 Å². The van der Waals surface area contributed by atoms with Gasteiger partial charge in [-0.3, -0.25) is 0 Å². The Morgan fingerprint density at radius 1 is 0.571 bits per heavy atom. The Kier molecular flexibility index (Phi) is 7.80. The van der Waals surface area contributed by atoms with Gasteiger partial charge in [0, 0.05) is 39.3 Å². The summed E-state index contributed by atoms with van der Waals surface area (Å²) in [4.78, 5) is 2.50. The molecule has 0 aliphatic carbocycles. The number of benzene rings is 3. The predicted molar refractivity (Wildman–Crippen MR) is 182 cm³/mol. The Morgan fingerprint density at radius 2 is 1.14 bits per heavy atom. The number of alkyl halides is 3. The van der Waals surface area contributed by atoms with E-state index in [1.807, 2.05) is 34.0 Å². The summed E-state index contributed by atoms with van der Waals surface area (Å²) >= 11 is 7.34. The van der Waals surface area contributed by atoms with Crippen molar-refractivity contribution >= 4 is 95.1 Å². The zero-order valence-corrected chi connectivity index (χ0v) is 26.7. The minimum atomic E-state index is -4.32. The SMILES string of the molecule is CCCCCCCCCCc1cc2cc3c(cc2s1)sc1c2cc4cc(-c5ccc(C(F)(F)F)cc5)sc4cc2sc31. The van der Waals surface area contributed by atoms with Crippen molar-refractivity contribution in [3.63, 3.8) is 0 Å². The molecule has 0 saturated carbocycles. The Hall–Kier alpha value is -2.45. The van der Waals surface area contributed by atoms with Crippen molar-refractivity contribution in [3.05, 3.63) is 71.1 Å². The number of hydrogen-bond donors (Lipinski definition) is 0. The minimum absolute atomic E-state index is 0.611. The minimum Gasteiger partial charge on any atom is -0.166 e. The van der Waals surface area contributed by atoms with Crippen molar-refractivity contribution in [2.45, 2.75) is 70.9 Å². The molecule has 0 aliphatic rings. The van der Waals surface area contributed by atoms with Crippen LogP contribution in [0.25, 0.3) is 60.2 Å². The second kappa shape index (κ2) is 11.6. The van der Waals surface area contributed by atoms with Crippen molar-refractivity contribution in [2.75, 3.05) is 0 Å². The molecule has 0 unspecified atom stereocenters. The van der Waals surface area contributed by atoms with E-state index >= 15 is 0 Å². The van der Waals surface area contributed by atoms with Crippen molar-refractivity contribution in [1.29, 1.82) is 0 Å². The highest BCUT2D eigenvalue weighted by atomic mass is 32.1. The summed E-state index contributed by atoms with van der Waals surface area (Å²) in [6.07, 6.45) is 7.71. The lowest BCUT2D eigenvalue weighted by Crippen LogP contribution is -2.03. The third-order valence-electron chi connectivity index (χ3n) is 8.18. The van der Waals surface area contributed by atoms with E-state index in [0.717, 1.165) is 15.8 Å². The highest BCUT2D eigenvalue weighted by Crippen LogP contribution is 2.48. The van der Waals surface area contributed by atoms with Crippen LogP contribution < -0.4 is 0 Å². The normalized spacial score (nSPS) is 12.7. The first-order valence-electron chi connectivity index (χ1n) is 14.8. The summed E-state index contributed by atoms with van der Waals surface area (Å²) in [6, 6.07) is 19.3. The molecule has 216 valence electrons. The molecule has 42 heavy (non-hydrogen) atoms. The second-order valence-electron chi connectivity index (χ2n) is 11.3. The van der Waals surface area contributed by atoms with E-state index in [4.69, 9.17) is 0 Å². The summed E-state index contributed by atoms with van der Waals surface area (Å²) < 4.78 is 46.9. The number of halogens is 3. The maximum atomic E-state index is 13.0. The average Bonchev–Trinajstić information content (AvgIpc) is 3.73. The molecule has 0 spiro atoms. The van der Waals surface area contributed by atoms with E-state index in [0.29, 0.717) is 0 Å². The summed E-state index contributed by atoms with van der Waals surface area (Å²) in [6.45, 7) is 2.27. The van der Waals surface area contributed by atoms with Crippen LogP contribution >= 0.6 is 45.3 Å². The highest BCUT2D eigenvalue weighted by molar-refractivity contribution is 7.37. The van der Waals surface area contributed by atoms with Crippen molar-refractivity contribution in [3.8, 4) is 10.4 Å². The van der Waals surface area contributed by atoms with Gasteiger partial charge in [0.05, 0.1) is 15.0 Å². The first kappa shape index (κ1) is 28.3. The first-order chi connectivity index (χ1) is 20.4. The summed E-state index contributed by atoms with van der Waals surface area (Å²) in [5, 5.41) is 5.14. The monoisotopic (exact) mass is 636 g/mol. The summed E-state index contributed by atoms with van der Waals surface area (Å²) in [7, 11) is 0. The lowest BCUT2D eigenvalue weighted by atomic mass is 10.1. The van der Waals surface area contributed by atoms with Gasteiger partial charge in [0.2, 0.25) is 0 Å². The molecule has 0 amide bonds. The zero-order valence-electron chi connectivity index (χ0n) is 23.4. The number of unbranched alkanes of at least 4 members (excludes halogenated alkanes) is 7. The lowest BCUT2D eigenvalue weighted by molar-refractivity contribution is -0.137. The van der Waals surface area contributed by atoms with Gasteiger partial charge < -0.3 is 0 Å². The molecule has 7 rings (SSSR count). The molecular weight excluding hydrogens is 606 g/mol. The molecule has 0 aliphatic heterocycles. The molecule has 0 bridgehead atoms. The standard InChI is InChI=1S/C35H31F3S4/c1-2-3-4-5-6-7-8-9-10-25-15-22-16-26-31(19-29(22)39-25)41-34-27-17-23-18-28(40-30(23)20-32(27)42-33(26)34)21-11-13-24(14-12-21)35(36,37)38/h11-20H,2-10H2,1H3. The molecule has 4 heterocycles. The number of hydrogen-bond acceptors (Lipinski definition) is 4. The molecule has 7 aromatic rings. The van der Waals surface area contributed by atoms with Crippen LogP contribution in [-0.2, 0) is 12.6 Å². The summed E-state index contributed by atoms with van der Waals surface area (Å²) in [5.74, 6) is 0. The second-order valence-corrected chi connectivity index (χ2v) is 15.6. The lowest BCUT2D eigenvalue weighted by Gasteiger charge is -2.06. The molecule has 0 N–H and O–H groups in total. The van der Waals surface area contributed by atoms with Gasteiger partial charge in [0.25, 0.3) is 0 Å². The Morgan fingerprint density at radius 3 is 1.76 bits per heavy atom. The maximum Gasteiger partial charge on any atom is 0.416 e. The molecule has 0 radical (unpaired) electrons. The van der Waals surface area contributed by atoms with Crippen LogP contribution in [0.2, 0.25) is 0 Å². The molecular formula is C35H31F3S4. The fourth-order valence-electron chi connectivity index (χ4n) is 5.90. The molecule has 3 aromatic carbocycles. The van der Waals surface area contributed by atoms with E-state index in [-0.39, 0.29) is 0 Å². The fourth-order valence-corrected chi connectivity index (χ4v) is 10.9. The quantitative estimate of drug-likeness (QED) is 0.131. The predicted octanol–water partition coefficient (Wildman–Crippen LogP) is 14.1. The van der Waals surface area contributed by atoms with Gasteiger partial charge in [0.1, 0.15) is 0 Å². The smallest absolute Gasteiger partial charge is 0.166 e. The van der Waals surface area contributed by atoms with Gasteiger partial charge in [-0.15, -0.1) is 45.3 Å². The number of thiophene rings is 4. The highest BCUT2D eigenvalue weighted by Gasteiger charge is 2.30. The van der Waals surface area contributed by atoms with E-state index in [1.54, 1.807) is 23.5 Å². The largest absolute Gasteiger partial charge is 0.416 e.